The number of rotatable bonds is 3. The average molecular weight is 168 g/mol. The molecule has 0 aromatic heterocycles. The molecule has 1 rings (SSSR count). The monoisotopic (exact) mass is 168 g/mol. The standard InChI is InChI=1S/C10H16O2/c1-3-5-8-7-10(11)12-9(8)6-4-2/h3,5,8-9H,4,6-7H2,1-2H3/b5-3+. The molecule has 1 heterocycles. The van der Waals surface area contributed by atoms with Crippen molar-refractivity contribution in [3.63, 3.8) is 0 Å². The van der Waals surface area contributed by atoms with Crippen LogP contribution in [0.25, 0.3) is 0 Å². The first-order chi connectivity index (χ1) is 5.77. The van der Waals surface area contributed by atoms with Gasteiger partial charge in [-0.15, -0.1) is 0 Å². The van der Waals surface area contributed by atoms with E-state index < -0.39 is 0 Å². The fourth-order valence-electron chi connectivity index (χ4n) is 1.62. The van der Waals surface area contributed by atoms with Crippen LogP contribution >= 0.6 is 0 Å². The fourth-order valence-corrected chi connectivity index (χ4v) is 1.62. The second kappa shape index (κ2) is 4.29. The zero-order valence-corrected chi connectivity index (χ0v) is 7.75. The van der Waals surface area contributed by atoms with Crippen LogP contribution < -0.4 is 0 Å². The van der Waals surface area contributed by atoms with Crippen molar-refractivity contribution in [1.29, 1.82) is 0 Å². The molecule has 2 unspecified atom stereocenters. The van der Waals surface area contributed by atoms with Gasteiger partial charge in [-0.05, 0) is 13.3 Å². The van der Waals surface area contributed by atoms with Gasteiger partial charge in [-0.2, -0.15) is 0 Å². The van der Waals surface area contributed by atoms with Crippen LogP contribution in [0.15, 0.2) is 12.2 Å². The van der Waals surface area contributed by atoms with Gasteiger partial charge >= 0.3 is 5.97 Å². The van der Waals surface area contributed by atoms with E-state index in [1.807, 2.05) is 13.0 Å². The molecule has 2 nitrogen and oxygen atoms in total. The maximum Gasteiger partial charge on any atom is 0.306 e. The molecule has 0 radical (unpaired) electrons. The van der Waals surface area contributed by atoms with Crippen molar-refractivity contribution in [2.75, 3.05) is 0 Å². The van der Waals surface area contributed by atoms with E-state index in [2.05, 4.69) is 13.0 Å². The summed E-state index contributed by atoms with van der Waals surface area (Å²) < 4.78 is 5.18. The van der Waals surface area contributed by atoms with E-state index in [4.69, 9.17) is 4.74 Å². The predicted octanol–water partition coefficient (Wildman–Crippen LogP) is 2.29. The highest BCUT2D eigenvalue weighted by Gasteiger charge is 2.31. The first-order valence-corrected chi connectivity index (χ1v) is 4.60. The van der Waals surface area contributed by atoms with Gasteiger partial charge in [0.05, 0.1) is 6.42 Å². The molecule has 1 aliphatic rings. The van der Waals surface area contributed by atoms with Gasteiger partial charge in [-0.1, -0.05) is 25.5 Å². The third kappa shape index (κ3) is 2.10. The third-order valence-electron chi connectivity index (χ3n) is 2.18. The third-order valence-corrected chi connectivity index (χ3v) is 2.18. The summed E-state index contributed by atoms with van der Waals surface area (Å²) in [6.07, 6.45) is 6.83. The smallest absolute Gasteiger partial charge is 0.306 e. The Morgan fingerprint density at radius 3 is 3.00 bits per heavy atom. The first-order valence-electron chi connectivity index (χ1n) is 4.60. The summed E-state index contributed by atoms with van der Waals surface area (Å²) in [4.78, 5) is 11.0. The summed E-state index contributed by atoms with van der Waals surface area (Å²) in [5.74, 6) is 0.277. The Kier molecular flexibility index (Phi) is 3.32. The lowest BCUT2D eigenvalue weighted by molar-refractivity contribution is -0.141. The van der Waals surface area contributed by atoms with E-state index in [0.29, 0.717) is 12.3 Å². The number of carbonyl (C=O) groups is 1. The maximum absolute atomic E-state index is 11.0. The molecule has 1 fully saturated rings. The molecule has 1 aliphatic heterocycles. The van der Waals surface area contributed by atoms with Crippen LogP contribution in [0.1, 0.15) is 33.1 Å². The highest BCUT2D eigenvalue weighted by atomic mass is 16.5. The first kappa shape index (κ1) is 9.30. The maximum atomic E-state index is 11.0. The summed E-state index contributed by atoms with van der Waals surface area (Å²) >= 11 is 0. The van der Waals surface area contributed by atoms with Gasteiger partial charge in [-0.25, -0.2) is 0 Å². The Morgan fingerprint density at radius 2 is 2.42 bits per heavy atom. The SMILES string of the molecule is C/C=C/C1CC(=O)OC1CCC. The van der Waals surface area contributed by atoms with Gasteiger partial charge in [0.25, 0.3) is 0 Å². The van der Waals surface area contributed by atoms with Crippen molar-refractivity contribution in [2.45, 2.75) is 39.2 Å². The van der Waals surface area contributed by atoms with E-state index >= 15 is 0 Å². The molecule has 0 aliphatic carbocycles. The molecule has 12 heavy (non-hydrogen) atoms. The zero-order valence-electron chi connectivity index (χ0n) is 7.75. The summed E-state index contributed by atoms with van der Waals surface area (Å²) in [5.41, 5.74) is 0. The number of carbonyl (C=O) groups excluding carboxylic acids is 1. The summed E-state index contributed by atoms with van der Waals surface area (Å²) in [5, 5.41) is 0. The minimum absolute atomic E-state index is 0.0449. The van der Waals surface area contributed by atoms with Crippen molar-refractivity contribution >= 4 is 5.97 Å². The second-order valence-electron chi connectivity index (χ2n) is 3.21. The van der Waals surface area contributed by atoms with E-state index in [1.54, 1.807) is 0 Å². The summed E-state index contributed by atoms with van der Waals surface area (Å²) in [6, 6.07) is 0. The molecular formula is C10H16O2. The van der Waals surface area contributed by atoms with Gasteiger partial charge < -0.3 is 4.74 Å². The molecule has 1 saturated heterocycles. The van der Waals surface area contributed by atoms with E-state index in [-0.39, 0.29) is 12.1 Å². The van der Waals surface area contributed by atoms with Crippen LogP contribution in [-0.4, -0.2) is 12.1 Å². The van der Waals surface area contributed by atoms with Gasteiger partial charge in [-0.3, -0.25) is 4.79 Å². The Morgan fingerprint density at radius 1 is 1.67 bits per heavy atom. The van der Waals surface area contributed by atoms with Crippen LogP contribution in [0.3, 0.4) is 0 Å². The second-order valence-corrected chi connectivity index (χ2v) is 3.21. The molecule has 0 aromatic rings. The fraction of sp³-hybridized carbons (Fsp3) is 0.700. The van der Waals surface area contributed by atoms with Crippen LogP contribution in [0.5, 0.6) is 0 Å². The Hall–Kier alpha value is -0.790. The normalized spacial score (nSPS) is 29.7. The zero-order chi connectivity index (χ0) is 8.97. The average Bonchev–Trinajstić information content (AvgIpc) is 2.33. The highest BCUT2D eigenvalue weighted by Crippen LogP contribution is 2.26. The topological polar surface area (TPSA) is 26.3 Å². The van der Waals surface area contributed by atoms with Crippen LogP contribution in [0.4, 0.5) is 0 Å². The molecule has 0 aromatic carbocycles. The number of allylic oxidation sites excluding steroid dienone is 1. The van der Waals surface area contributed by atoms with Crippen molar-refractivity contribution in [3.05, 3.63) is 12.2 Å². The van der Waals surface area contributed by atoms with Crippen molar-refractivity contribution in [2.24, 2.45) is 5.92 Å². The van der Waals surface area contributed by atoms with E-state index in [1.165, 1.54) is 0 Å². The van der Waals surface area contributed by atoms with E-state index in [0.717, 1.165) is 12.8 Å². The minimum Gasteiger partial charge on any atom is -0.462 e. The molecule has 2 atom stereocenters. The Bertz CT molecular complexity index is 184. The Labute approximate surface area is 73.6 Å². The number of cyclic esters (lactones) is 1. The Balaban J connectivity index is 2.52. The molecule has 0 saturated carbocycles. The highest BCUT2D eigenvalue weighted by molar-refractivity contribution is 5.72. The number of ether oxygens (including phenoxy) is 1. The molecule has 2 heteroatoms. The van der Waals surface area contributed by atoms with Gasteiger partial charge in [0, 0.05) is 5.92 Å². The quantitative estimate of drug-likeness (QED) is 0.477. The van der Waals surface area contributed by atoms with Gasteiger partial charge in [0.15, 0.2) is 0 Å². The lowest BCUT2D eigenvalue weighted by Crippen LogP contribution is -2.13. The van der Waals surface area contributed by atoms with Crippen molar-refractivity contribution < 1.29 is 9.53 Å². The lowest BCUT2D eigenvalue weighted by Gasteiger charge is -2.12. The number of hydrogen-bond acceptors (Lipinski definition) is 2. The number of hydrogen-bond donors (Lipinski definition) is 0. The largest absolute Gasteiger partial charge is 0.462 e. The molecule has 0 N–H and O–H groups in total. The van der Waals surface area contributed by atoms with Gasteiger partial charge in [0.1, 0.15) is 6.10 Å². The predicted molar refractivity (Wildman–Crippen MR) is 47.7 cm³/mol. The van der Waals surface area contributed by atoms with E-state index in [9.17, 15) is 4.79 Å². The van der Waals surface area contributed by atoms with Crippen molar-refractivity contribution in [1.82, 2.24) is 0 Å². The lowest BCUT2D eigenvalue weighted by atomic mass is 9.98. The molecular weight excluding hydrogens is 152 g/mol. The minimum atomic E-state index is -0.0449. The molecule has 0 spiro atoms. The molecule has 0 amide bonds. The van der Waals surface area contributed by atoms with Crippen LogP contribution in [-0.2, 0) is 9.53 Å². The van der Waals surface area contributed by atoms with Gasteiger partial charge in [0.2, 0.25) is 0 Å². The van der Waals surface area contributed by atoms with Crippen LogP contribution in [0.2, 0.25) is 0 Å². The molecule has 68 valence electrons. The number of esters is 1. The molecule has 0 bridgehead atoms. The summed E-state index contributed by atoms with van der Waals surface area (Å²) in [6.45, 7) is 4.09. The van der Waals surface area contributed by atoms with Crippen molar-refractivity contribution in [3.8, 4) is 0 Å². The summed E-state index contributed by atoms with van der Waals surface area (Å²) in [7, 11) is 0. The van der Waals surface area contributed by atoms with Crippen LogP contribution in [0, 0.1) is 5.92 Å².